The van der Waals surface area contributed by atoms with Crippen LogP contribution in [-0.2, 0) is 9.53 Å². The molecule has 7 heteroatoms. The number of amides is 1. The second kappa shape index (κ2) is 8.14. The van der Waals surface area contributed by atoms with Gasteiger partial charge < -0.3 is 30.0 Å². The number of rotatable bonds is 6. The van der Waals surface area contributed by atoms with E-state index in [1.165, 1.54) is 0 Å². The highest BCUT2D eigenvalue weighted by atomic mass is 16.5. The molecule has 3 N–H and O–H groups in total. The van der Waals surface area contributed by atoms with Gasteiger partial charge in [0, 0.05) is 19.2 Å². The molecule has 0 saturated carbocycles. The maximum absolute atomic E-state index is 12.2. The third-order valence-electron chi connectivity index (χ3n) is 3.83. The maximum atomic E-state index is 12.2. The minimum Gasteiger partial charge on any atom is -0.497 e. The lowest BCUT2D eigenvalue weighted by atomic mass is 10.1. The molecule has 0 bridgehead atoms. The van der Waals surface area contributed by atoms with Gasteiger partial charge in [-0.05, 0) is 24.6 Å². The van der Waals surface area contributed by atoms with E-state index in [1.807, 2.05) is 6.92 Å². The minimum atomic E-state index is -0.859. The van der Waals surface area contributed by atoms with Crippen LogP contribution in [0.2, 0.25) is 0 Å². The van der Waals surface area contributed by atoms with E-state index in [1.54, 1.807) is 32.4 Å². The van der Waals surface area contributed by atoms with E-state index in [4.69, 9.17) is 14.2 Å². The highest BCUT2D eigenvalue weighted by Crippen LogP contribution is 2.26. The first kappa shape index (κ1) is 17.5. The number of carbonyl (C=O) groups excluding carboxylic acids is 1. The number of morpholine rings is 1. The van der Waals surface area contributed by atoms with E-state index >= 15 is 0 Å². The van der Waals surface area contributed by atoms with Gasteiger partial charge in [0.1, 0.15) is 17.5 Å². The number of aliphatic hydroxyl groups excluding tert-OH is 1. The molecular weight excluding hydrogens is 300 g/mol. The molecule has 1 aromatic rings. The zero-order valence-electron chi connectivity index (χ0n) is 13.7. The first-order valence-electron chi connectivity index (χ1n) is 7.59. The van der Waals surface area contributed by atoms with Crippen LogP contribution in [0.15, 0.2) is 18.2 Å². The summed E-state index contributed by atoms with van der Waals surface area (Å²) in [6, 6.07) is 4.74. The Bertz CT molecular complexity index is 515. The summed E-state index contributed by atoms with van der Waals surface area (Å²) in [6.45, 7) is 3.18. The Hall–Kier alpha value is -1.83. The van der Waals surface area contributed by atoms with Crippen molar-refractivity contribution in [2.45, 2.75) is 25.2 Å². The fourth-order valence-corrected chi connectivity index (χ4v) is 2.47. The van der Waals surface area contributed by atoms with E-state index < -0.39 is 12.1 Å². The smallest absolute Gasteiger partial charge is 0.239 e. The van der Waals surface area contributed by atoms with Crippen LogP contribution in [0.4, 0.5) is 0 Å². The van der Waals surface area contributed by atoms with Crippen LogP contribution >= 0.6 is 0 Å². The molecule has 1 aliphatic heterocycles. The lowest BCUT2D eigenvalue weighted by molar-refractivity contribution is -0.129. The molecule has 1 unspecified atom stereocenters. The normalized spacial score (nSPS) is 22.3. The van der Waals surface area contributed by atoms with E-state index in [0.717, 1.165) is 0 Å². The molecule has 1 fully saturated rings. The SMILES string of the molecule is COc1cc(OC)cc(C(O)CNC(=O)[C@H]2NCCO[C@@H]2C)c1. The van der Waals surface area contributed by atoms with E-state index in [0.29, 0.717) is 30.2 Å². The van der Waals surface area contributed by atoms with Crippen molar-refractivity contribution >= 4 is 5.91 Å². The molecule has 0 spiro atoms. The van der Waals surface area contributed by atoms with E-state index in [2.05, 4.69) is 10.6 Å². The van der Waals surface area contributed by atoms with Gasteiger partial charge in [0.05, 0.1) is 33.0 Å². The summed E-state index contributed by atoms with van der Waals surface area (Å²) in [7, 11) is 3.09. The predicted molar refractivity (Wildman–Crippen MR) is 84.7 cm³/mol. The summed E-state index contributed by atoms with van der Waals surface area (Å²) >= 11 is 0. The number of carbonyl (C=O) groups is 1. The van der Waals surface area contributed by atoms with Crippen molar-refractivity contribution in [1.29, 1.82) is 0 Å². The van der Waals surface area contributed by atoms with Crippen LogP contribution in [0.5, 0.6) is 11.5 Å². The molecule has 7 nitrogen and oxygen atoms in total. The number of aliphatic hydroxyl groups is 1. The largest absolute Gasteiger partial charge is 0.497 e. The van der Waals surface area contributed by atoms with Crippen molar-refractivity contribution in [2.24, 2.45) is 0 Å². The summed E-state index contributed by atoms with van der Waals surface area (Å²) in [4.78, 5) is 12.2. The van der Waals surface area contributed by atoms with Crippen LogP contribution in [0, 0.1) is 0 Å². The average molecular weight is 324 g/mol. The number of methoxy groups -OCH3 is 2. The van der Waals surface area contributed by atoms with E-state index in [-0.39, 0.29) is 18.6 Å². The number of nitrogens with one attached hydrogen (secondary N) is 2. The molecule has 1 saturated heterocycles. The van der Waals surface area contributed by atoms with Gasteiger partial charge in [-0.3, -0.25) is 4.79 Å². The van der Waals surface area contributed by atoms with Gasteiger partial charge in [0.2, 0.25) is 5.91 Å². The quantitative estimate of drug-likeness (QED) is 0.694. The van der Waals surface area contributed by atoms with Crippen molar-refractivity contribution in [3.05, 3.63) is 23.8 Å². The second-order valence-electron chi connectivity index (χ2n) is 5.41. The molecule has 1 heterocycles. The third kappa shape index (κ3) is 4.57. The number of hydrogen-bond acceptors (Lipinski definition) is 6. The Balaban J connectivity index is 1.96. The van der Waals surface area contributed by atoms with Crippen LogP contribution in [0.1, 0.15) is 18.6 Å². The topological polar surface area (TPSA) is 89.0 Å². The molecule has 1 amide bonds. The summed E-state index contributed by atoms with van der Waals surface area (Å²) in [6.07, 6.45) is -1.06. The van der Waals surface area contributed by atoms with Crippen molar-refractivity contribution < 1.29 is 24.1 Å². The van der Waals surface area contributed by atoms with Gasteiger partial charge in [-0.2, -0.15) is 0 Å². The molecule has 1 aliphatic rings. The zero-order chi connectivity index (χ0) is 16.8. The van der Waals surface area contributed by atoms with E-state index in [9.17, 15) is 9.90 Å². The number of benzene rings is 1. The van der Waals surface area contributed by atoms with Crippen molar-refractivity contribution in [3.63, 3.8) is 0 Å². The Kier molecular flexibility index (Phi) is 6.20. The van der Waals surface area contributed by atoms with Crippen LogP contribution < -0.4 is 20.1 Å². The van der Waals surface area contributed by atoms with Crippen molar-refractivity contribution in [1.82, 2.24) is 10.6 Å². The molecule has 1 aromatic carbocycles. The van der Waals surface area contributed by atoms with Gasteiger partial charge in [-0.25, -0.2) is 0 Å². The monoisotopic (exact) mass is 324 g/mol. The number of ether oxygens (including phenoxy) is 3. The fraction of sp³-hybridized carbons (Fsp3) is 0.562. The second-order valence-corrected chi connectivity index (χ2v) is 5.41. The molecule has 0 aliphatic carbocycles. The zero-order valence-corrected chi connectivity index (χ0v) is 13.7. The van der Waals surface area contributed by atoms with Gasteiger partial charge in [-0.15, -0.1) is 0 Å². The first-order chi connectivity index (χ1) is 11.0. The summed E-state index contributed by atoms with van der Waals surface area (Å²) in [5, 5.41) is 16.1. The lowest BCUT2D eigenvalue weighted by Gasteiger charge is -2.29. The molecule has 0 aromatic heterocycles. The Morgan fingerprint density at radius 3 is 2.61 bits per heavy atom. The average Bonchev–Trinajstić information content (AvgIpc) is 2.59. The molecule has 3 atom stereocenters. The van der Waals surface area contributed by atoms with Gasteiger partial charge in [-0.1, -0.05) is 0 Å². The van der Waals surface area contributed by atoms with Gasteiger partial charge in [0.25, 0.3) is 0 Å². The van der Waals surface area contributed by atoms with Crippen molar-refractivity contribution in [2.75, 3.05) is 33.9 Å². The van der Waals surface area contributed by atoms with Crippen LogP contribution in [0.3, 0.4) is 0 Å². The molecule has 23 heavy (non-hydrogen) atoms. The predicted octanol–water partition coefficient (Wildman–Crippen LogP) is 0.230. The lowest BCUT2D eigenvalue weighted by Crippen LogP contribution is -2.55. The summed E-state index contributed by atoms with van der Waals surface area (Å²) in [5.41, 5.74) is 0.613. The molecule has 2 rings (SSSR count). The minimum absolute atomic E-state index is 0.0973. The fourth-order valence-electron chi connectivity index (χ4n) is 2.47. The van der Waals surface area contributed by atoms with Gasteiger partial charge >= 0.3 is 0 Å². The first-order valence-corrected chi connectivity index (χ1v) is 7.59. The molecule has 128 valence electrons. The molecular formula is C16H24N2O5. The maximum Gasteiger partial charge on any atom is 0.239 e. The van der Waals surface area contributed by atoms with Crippen molar-refractivity contribution in [3.8, 4) is 11.5 Å². The van der Waals surface area contributed by atoms with Crippen LogP contribution in [-0.4, -0.2) is 57.1 Å². The third-order valence-corrected chi connectivity index (χ3v) is 3.83. The summed E-state index contributed by atoms with van der Waals surface area (Å²) in [5.74, 6) is 0.979. The van der Waals surface area contributed by atoms with Crippen LogP contribution in [0.25, 0.3) is 0 Å². The standard InChI is InChI=1S/C16H24N2O5/c1-10-15(17-4-5-23-10)16(20)18-9-14(19)11-6-12(21-2)8-13(7-11)22-3/h6-8,10,14-15,17,19H,4-5,9H2,1-3H3,(H,18,20)/t10-,14?,15+/m1/s1. The Labute approximate surface area is 135 Å². The van der Waals surface area contributed by atoms with Gasteiger partial charge in [0.15, 0.2) is 0 Å². The Morgan fingerprint density at radius 2 is 2.04 bits per heavy atom. The summed E-state index contributed by atoms with van der Waals surface area (Å²) < 4.78 is 15.8. The Morgan fingerprint density at radius 1 is 1.39 bits per heavy atom. The number of hydrogen-bond donors (Lipinski definition) is 3. The molecule has 0 radical (unpaired) electrons. The highest BCUT2D eigenvalue weighted by Gasteiger charge is 2.28. The highest BCUT2D eigenvalue weighted by molar-refractivity contribution is 5.82.